The topological polar surface area (TPSA) is 23.8 Å². The molecule has 0 saturated heterocycles. The van der Waals surface area contributed by atoms with Crippen LogP contribution in [0.3, 0.4) is 0 Å². The molecule has 0 saturated carbocycles. The fourth-order valence-electron chi connectivity index (χ4n) is 0.552. The minimum atomic E-state index is 0. The third-order valence-corrected chi connectivity index (χ3v) is 1.93. The first-order valence-corrected chi connectivity index (χ1v) is 3.57. The molecule has 46 valence electrons. The van der Waals surface area contributed by atoms with E-state index < -0.39 is 0 Å². The first-order chi connectivity index (χ1) is 4.34. The van der Waals surface area contributed by atoms with Crippen LogP contribution in [0.5, 0.6) is 0 Å². The molecule has 0 aromatic heterocycles. The molecule has 1 rings (SSSR count). The van der Waals surface area contributed by atoms with Crippen molar-refractivity contribution in [2.75, 3.05) is 0 Å². The Balaban J connectivity index is 0.000000810. The molecule has 0 aliphatic carbocycles. The maximum absolute atomic E-state index is 8.46. The average Bonchev–Trinajstić information content (AvgIpc) is 1.89. The van der Waals surface area contributed by atoms with E-state index in [1.165, 1.54) is 0 Å². The van der Waals surface area contributed by atoms with Gasteiger partial charge >= 0.3 is 18.9 Å². The summed E-state index contributed by atoms with van der Waals surface area (Å²) >= 11 is 2.14. The zero-order chi connectivity index (χ0) is 6.69. The molecule has 1 aromatic carbocycles. The molecular weight excluding hydrogens is 232 g/mol. The second-order valence-corrected chi connectivity index (χ2v) is 2.75. The third-order valence-electron chi connectivity index (χ3n) is 0.994. The molecule has 1 aromatic rings. The molecule has 0 aliphatic rings. The van der Waals surface area contributed by atoms with Crippen LogP contribution in [0.15, 0.2) is 24.3 Å². The van der Waals surface area contributed by atoms with Crippen molar-refractivity contribution in [1.82, 2.24) is 0 Å². The predicted molar refractivity (Wildman–Crippen MR) is 51.0 cm³/mol. The van der Waals surface area contributed by atoms with E-state index in [1.807, 2.05) is 24.3 Å². The maximum atomic E-state index is 8.46. The number of rotatable bonds is 0. The Morgan fingerprint density at radius 2 is 1.90 bits per heavy atom. The van der Waals surface area contributed by atoms with Crippen molar-refractivity contribution >= 4 is 41.5 Å². The summed E-state index contributed by atoms with van der Waals surface area (Å²) in [5.41, 5.74) is 0.748. The Morgan fingerprint density at radius 1 is 1.30 bits per heavy atom. The molecule has 0 N–H and O–H groups in total. The van der Waals surface area contributed by atoms with Crippen LogP contribution < -0.4 is 0 Å². The van der Waals surface area contributed by atoms with Crippen LogP contribution in [-0.2, 0) is 0 Å². The quantitative estimate of drug-likeness (QED) is 0.495. The van der Waals surface area contributed by atoms with E-state index in [2.05, 4.69) is 28.7 Å². The second kappa shape index (κ2) is 4.79. The Morgan fingerprint density at radius 3 is 2.30 bits per heavy atom. The molecule has 0 radical (unpaired) electrons. The summed E-state index contributed by atoms with van der Waals surface area (Å²) in [6.07, 6.45) is 0. The Kier molecular flexibility index (Phi) is 4.81. The van der Waals surface area contributed by atoms with Gasteiger partial charge < -0.3 is 0 Å². The minimum absolute atomic E-state index is 0. The molecule has 0 amide bonds. The van der Waals surface area contributed by atoms with E-state index in [0.717, 1.165) is 9.13 Å². The molecule has 1 nitrogen and oxygen atoms in total. The van der Waals surface area contributed by atoms with Gasteiger partial charge in [-0.3, -0.25) is 0 Å². The molecule has 0 bridgehead atoms. The van der Waals surface area contributed by atoms with Gasteiger partial charge in [0.05, 0.1) is 5.56 Å². The fourth-order valence-corrected chi connectivity index (χ4v) is 1.06. The van der Waals surface area contributed by atoms with Crippen molar-refractivity contribution in [3.05, 3.63) is 33.4 Å². The van der Waals surface area contributed by atoms with Gasteiger partial charge in [0.15, 0.2) is 0 Å². The molecule has 3 heteroatoms. The van der Waals surface area contributed by atoms with Gasteiger partial charge in [-0.05, 0) is 34.7 Å². The molecule has 0 atom stereocenters. The summed E-state index contributed by atoms with van der Waals surface area (Å²) in [7, 11) is 0. The van der Waals surface area contributed by atoms with Crippen molar-refractivity contribution in [2.24, 2.45) is 0 Å². The van der Waals surface area contributed by atoms with Crippen molar-refractivity contribution in [3.63, 3.8) is 0 Å². The van der Waals surface area contributed by atoms with Crippen LogP contribution in [0.25, 0.3) is 0 Å². The van der Waals surface area contributed by atoms with Crippen molar-refractivity contribution < 1.29 is 0 Å². The number of nitriles is 1. The summed E-state index contributed by atoms with van der Waals surface area (Å²) in [4.78, 5) is 0. The SMILES string of the molecule is N#Cc1ccccc1I.[LiH]. The van der Waals surface area contributed by atoms with Gasteiger partial charge in [0.1, 0.15) is 6.07 Å². The molecule has 0 unspecified atom stereocenters. The molecule has 0 fully saturated rings. The van der Waals surface area contributed by atoms with Gasteiger partial charge in [-0.25, -0.2) is 0 Å². The number of halogens is 1. The second-order valence-electron chi connectivity index (χ2n) is 1.59. The molecule has 10 heavy (non-hydrogen) atoms. The third kappa shape index (κ3) is 2.34. The van der Waals surface area contributed by atoms with Gasteiger partial charge in [0, 0.05) is 3.57 Å². The van der Waals surface area contributed by atoms with E-state index in [4.69, 9.17) is 5.26 Å². The summed E-state index contributed by atoms with van der Waals surface area (Å²) < 4.78 is 1.01. The van der Waals surface area contributed by atoms with E-state index in [-0.39, 0.29) is 18.9 Å². The van der Waals surface area contributed by atoms with Crippen LogP contribution in [0.4, 0.5) is 0 Å². The van der Waals surface area contributed by atoms with Crippen LogP contribution >= 0.6 is 22.6 Å². The Hall–Kier alpha value is 0.0374. The fraction of sp³-hybridized carbons (Fsp3) is 0. The Labute approximate surface area is 85.7 Å². The zero-order valence-electron chi connectivity index (χ0n) is 4.63. The summed E-state index contributed by atoms with van der Waals surface area (Å²) in [5.74, 6) is 0. The van der Waals surface area contributed by atoms with Gasteiger partial charge in [0.25, 0.3) is 0 Å². The molecular formula is C7H5ILiN. The molecule has 0 spiro atoms. The molecule has 0 heterocycles. The van der Waals surface area contributed by atoms with Gasteiger partial charge in [0.2, 0.25) is 0 Å². The van der Waals surface area contributed by atoms with Crippen LogP contribution in [0.1, 0.15) is 5.56 Å². The molecule has 0 aliphatic heterocycles. The first-order valence-electron chi connectivity index (χ1n) is 2.49. The van der Waals surface area contributed by atoms with Crippen LogP contribution in [0, 0.1) is 14.9 Å². The number of nitrogens with zero attached hydrogens (tertiary/aromatic N) is 1. The summed E-state index contributed by atoms with van der Waals surface area (Å²) in [6.45, 7) is 0. The number of benzene rings is 1. The van der Waals surface area contributed by atoms with Crippen LogP contribution in [0.2, 0.25) is 0 Å². The van der Waals surface area contributed by atoms with E-state index in [9.17, 15) is 0 Å². The average molecular weight is 237 g/mol. The van der Waals surface area contributed by atoms with Gasteiger partial charge in [-0.2, -0.15) is 5.26 Å². The van der Waals surface area contributed by atoms with Gasteiger partial charge in [-0.1, -0.05) is 12.1 Å². The zero-order valence-corrected chi connectivity index (χ0v) is 6.79. The normalized spacial score (nSPS) is 7.60. The van der Waals surface area contributed by atoms with E-state index in [1.54, 1.807) is 0 Å². The van der Waals surface area contributed by atoms with E-state index >= 15 is 0 Å². The van der Waals surface area contributed by atoms with Crippen molar-refractivity contribution in [3.8, 4) is 6.07 Å². The van der Waals surface area contributed by atoms with E-state index in [0.29, 0.717) is 0 Å². The van der Waals surface area contributed by atoms with Gasteiger partial charge in [-0.15, -0.1) is 0 Å². The number of hydrogen-bond acceptors (Lipinski definition) is 1. The standard InChI is InChI=1S/C7H4IN.Li.H/c8-7-4-2-1-3-6(7)5-9;;/h1-4H;;. The first kappa shape index (κ1) is 10.0. The monoisotopic (exact) mass is 237 g/mol. The summed E-state index contributed by atoms with van der Waals surface area (Å²) in [5, 5.41) is 8.46. The van der Waals surface area contributed by atoms with Crippen molar-refractivity contribution in [1.29, 1.82) is 5.26 Å². The van der Waals surface area contributed by atoms with Crippen LogP contribution in [-0.4, -0.2) is 18.9 Å². The Bertz CT molecular complexity index is 254. The number of hydrogen-bond donors (Lipinski definition) is 0. The summed E-state index contributed by atoms with van der Waals surface area (Å²) in [6, 6.07) is 9.59. The van der Waals surface area contributed by atoms with Crippen molar-refractivity contribution in [2.45, 2.75) is 0 Å². The predicted octanol–water partition coefficient (Wildman–Crippen LogP) is 1.51.